The van der Waals surface area contributed by atoms with E-state index in [1.165, 1.54) is 22.3 Å². The second-order valence-electron chi connectivity index (χ2n) is 23.4. The molecule has 0 spiro atoms. The summed E-state index contributed by atoms with van der Waals surface area (Å²) in [5, 5.41) is 22.1. The van der Waals surface area contributed by atoms with Gasteiger partial charge >= 0.3 is 23.1 Å². The zero-order valence-electron chi connectivity index (χ0n) is 53.6. The number of aliphatic hydroxyl groups is 1. The summed E-state index contributed by atoms with van der Waals surface area (Å²) < 4.78 is 6.17. The number of rotatable bonds is 9. The van der Waals surface area contributed by atoms with Crippen LogP contribution in [-0.4, -0.2) is 84.3 Å². The van der Waals surface area contributed by atoms with Crippen LogP contribution in [0.4, 0.5) is 0 Å². The van der Waals surface area contributed by atoms with Crippen LogP contribution in [0, 0.1) is 19.3 Å². The molecular formula is C73H82IMgN8O5P. The number of ketones is 1. The van der Waals surface area contributed by atoms with Gasteiger partial charge in [-0.05, 0) is 130 Å². The number of nitrogens with one attached hydrogen (secondary N) is 2. The molecule has 0 saturated heterocycles. The van der Waals surface area contributed by atoms with Crippen molar-refractivity contribution in [1.82, 2.24) is 30.8 Å². The third-order valence-corrected chi connectivity index (χ3v) is 15.3. The quantitative estimate of drug-likeness (QED) is 0.0103. The Kier molecular flexibility index (Phi) is 28.2. The van der Waals surface area contributed by atoms with Crippen molar-refractivity contribution in [1.29, 1.82) is 0 Å². The van der Waals surface area contributed by atoms with Crippen molar-refractivity contribution in [2.75, 3.05) is 6.64 Å². The number of nitrogens with zero attached hydrogens (tertiary/aromatic N) is 5. The Labute approximate surface area is 561 Å². The first-order chi connectivity index (χ1) is 41.7. The first kappa shape index (κ1) is 72.5. The molecule has 6 atom stereocenters. The van der Waals surface area contributed by atoms with E-state index in [-0.39, 0.29) is 94.7 Å². The summed E-state index contributed by atoms with van der Waals surface area (Å²) in [6.07, 6.45) is 16.3. The molecule has 6 aromatic carbocycles. The van der Waals surface area contributed by atoms with Gasteiger partial charge in [-0.2, -0.15) is 5.10 Å². The summed E-state index contributed by atoms with van der Waals surface area (Å²) in [7, 11) is 2.25. The molecule has 0 bridgehead atoms. The fourth-order valence-corrected chi connectivity index (χ4v) is 10.2. The SMILES string of the molecule is C/C(=N\NC(=O)C1CC1c1ccc(C(C)(C)C)cc1)c1cccc2cnccc12.CC(=O)c1cccc2cnccc12.CC(C)(C)c1ccc(C2CC2C(=O)NN)cc1.CC(O)c1cccc2cnccc12.O=Cc1cccc2cnccc12.[2H]CP.[CH3-].[I-].[Mg+2]. The fraction of sp³-hybridized carbons (Fsp3) is 0.260. The van der Waals surface area contributed by atoms with Gasteiger partial charge in [-0.25, -0.2) is 11.3 Å². The van der Waals surface area contributed by atoms with Crippen LogP contribution >= 0.6 is 9.24 Å². The Morgan fingerprint density at radius 3 is 1.42 bits per heavy atom. The number of pyridine rings is 4. The number of nitrogens with two attached hydrogens (primary N) is 1. The van der Waals surface area contributed by atoms with Crippen molar-refractivity contribution in [2.24, 2.45) is 22.8 Å². The molecule has 13 nitrogen and oxygen atoms in total. The van der Waals surface area contributed by atoms with Gasteiger partial charge in [-0.1, -0.05) is 170 Å². The largest absolute Gasteiger partial charge is 2.00 e. The van der Waals surface area contributed by atoms with E-state index in [1.54, 1.807) is 63.3 Å². The van der Waals surface area contributed by atoms with E-state index in [0.29, 0.717) is 18.5 Å². The Morgan fingerprint density at radius 1 is 0.607 bits per heavy atom. The second kappa shape index (κ2) is 34.7. The first-order valence-corrected chi connectivity index (χ1v) is 29.5. The number of hydrazone groups is 1. The Hall–Kier alpha value is -7.24. The van der Waals surface area contributed by atoms with Gasteiger partial charge in [0.25, 0.3) is 0 Å². The van der Waals surface area contributed by atoms with Gasteiger partial charge in [-0.15, -0.1) is 9.24 Å². The van der Waals surface area contributed by atoms with Gasteiger partial charge in [0.2, 0.25) is 11.8 Å². The van der Waals surface area contributed by atoms with E-state index in [4.69, 9.17) is 7.21 Å². The van der Waals surface area contributed by atoms with Gasteiger partial charge in [0.15, 0.2) is 12.1 Å². The Balaban J connectivity index is 0.000000246. The predicted octanol–water partition coefficient (Wildman–Crippen LogP) is 11.6. The van der Waals surface area contributed by atoms with Crippen LogP contribution in [0.5, 0.6) is 0 Å². The maximum Gasteiger partial charge on any atom is 2.00 e. The van der Waals surface area contributed by atoms with Gasteiger partial charge in [-0.3, -0.25) is 44.5 Å². The molecule has 6 unspecified atom stereocenters. The molecule has 16 heteroatoms. The van der Waals surface area contributed by atoms with E-state index < -0.39 is 6.10 Å². The van der Waals surface area contributed by atoms with Crippen LogP contribution in [0.1, 0.15) is 149 Å². The summed E-state index contributed by atoms with van der Waals surface area (Å²) in [4.78, 5) is 61.9. The number of halogens is 1. The van der Waals surface area contributed by atoms with Gasteiger partial charge in [0.05, 0.1) is 11.8 Å². The molecule has 5 N–H and O–H groups in total. The van der Waals surface area contributed by atoms with E-state index in [1.807, 2.05) is 104 Å². The number of aldehydes is 1. The number of hydrogen-bond acceptors (Lipinski definition) is 11. The van der Waals surface area contributed by atoms with Crippen LogP contribution in [0.3, 0.4) is 0 Å². The number of fused-ring (bicyclic) bond motifs is 4. The number of amides is 2. The van der Waals surface area contributed by atoms with E-state index >= 15 is 0 Å². The van der Waals surface area contributed by atoms with Crippen LogP contribution in [0.2, 0.25) is 0 Å². The van der Waals surface area contributed by atoms with Crippen molar-refractivity contribution >= 4 is 105 Å². The maximum absolute atomic E-state index is 12.6. The molecule has 0 aliphatic heterocycles. The minimum atomic E-state index is -0.425. The molecule has 2 aliphatic carbocycles. The summed E-state index contributed by atoms with van der Waals surface area (Å²) in [6.45, 7) is 18.9. The number of hydrazine groups is 1. The molecule has 4 aromatic heterocycles. The first-order valence-electron chi connectivity index (χ1n) is 29.4. The molecule has 10 aromatic rings. The minimum absolute atomic E-state index is 0. The average Bonchev–Trinajstić information content (AvgIpc) is 2.50. The zero-order valence-corrected chi connectivity index (χ0v) is 57.3. The molecule has 2 saturated carbocycles. The molecule has 2 fully saturated rings. The maximum atomic E-state index is 12.6. The van der Waals surface area contributed by atoms with E-state index in [0.717, 1.165) is 90.2 Å². The molecule has 12 rings (SSSR count). The molecule has 2 aliphatic rings. The molecular weight excluding hydrogens is 1250 g/mol. The van der Waals surface area contributed by atoms with E-state index in [2.05, 4.69) is 135 Å². The smallest absolute Gasteiger partial charge is 1.00 e. The third kappa shape index (κ3) is 20.1. The predicted molar refractivity (Wildman–Crippen MR) is 365 cm³/mol. The minimum Gasteiger partial charge on any atom is -1.00 e. The second-order valence-corrected chi connectivity index (χ2v) is 23.4. The van der Waals surface area contributed by atoms with Gasteiger partial charge in [0, 0.05) is 101 Å². The molecule has 89 heavy (non-hydrogen) atoms. The van der Waals surface area contributed by atoms with Crippen molar-refractivity contribution in [3.8, 4) is 0 Å². The van der Waals surface area contributed by atoms with Crippen molar-refractivity contribution in [2.45, 2.75) is 104 Å². The third-order valence-electron chi connectivity index (χ3n) is 15.3. The standard InChI is InChI=1S/C25H27N3O.C14H20N2O.C11H11NO.C11H9NO.C10H7NO.CH5P.CH3.HI.Mg/c1-16(20-7-5-6-18-15-26-13-12-21(18)20)27-28-24(29)23-14-22(23)17-8-10-19(11-9-17)25(2,3)4;1-14(2,3)10-6-4-9(5-7-10)11-8-12(11)13(17)16-15;2*1-8(13)10-4-2-3-9-7-12-6-5-11(9)10;12-7-9-3-1-2-8-6-11-5-4-10(8)9;1-2;;;/h5-13,15,22-23H,14H2,1-4H3,(H,28,29);4-7,11-12H,8,15H2,1-3H3,(H,16,17);2-8,13H,1H3;2-7H,1H3;1-7H;2H2,1H3;1H3;1H;/q;;;;;;-1;;+2/p-1/b27-16+;;;;;;;;/i;;;;;1D;;;. The Morgan fingerprint density at radius 2 is 0.989 bits per heavy atom. The van der Waals surface area contributed by atoms with Gasteiger partial charge in [0.1, 0.15) is 0 Å². The van der Waals surface area contributed by atoms with Crippen molar-refractivity contribution in [3.05, 3.63) is 247 Å². The number of Topliss-reactive ketones (excluding diaryl/α,β-unsaturated/α-hetero) is 1. The van der Waals surface area contributed by atoms with Crippen molar-refractivity contribution in [3.63, 3.8) is 0 Å². The molecule has 0 radical (unpaired) electrons. The summed E-state index contributed by atoms with van der Waals surface area (Å²) in [6, 6.07) is 48.0. The monoisotopic (exact) mass is 1330 g/mol. The summed E-state index contributed by atoms with van der Waals surface area (Å²) in [5.41, 5.74) is 14.7. The molecule has 458 valence electrons. The summed E-state index contributed by atoms with van der Waals surface area (Å²) in [5.74, 6) is 5.90. The van der Waals surface area contributed by atoms with Crippen LogP contribution in [-0.2, 0) is 20.4 Å². The normalized spacial score (nSPS) is 15.7. The number of aliphatic hydroxyl groups excluding tert-OH is 1. The van der Waals surface area contributed by atoms with Crippen LogP contribution in [0.25, 0.3) is 43.1 Å². The number of aromatic nitrogens is 4. The molecule has 4 heterocycles. The Bertz CT molecular complexity index is 3990. The number of hydrogen-bond donors (Lipinski definition) is 4. The van der Waals surface area contributed by atoms with Crippen LogP contribution in [0.15, 0.2) is 200 Å². The number of benzene rings is 6. The van der Waals surface area contributed by atoms with Gasteiger partial charge < -0.3 is 36.5 Å². The average molecular weight is 1330 g/mol. The number of carbonyl (C=O) groups is 4. The van der Waals surface area contributed by atoms with Crippen LogP contribution < -0.4 is 40.7 Å². The molecule has 2 amide bonds. The summed E-state index contributed by atoms with van der Waals surface area (Å²) >= 11 is 0. The number of carbonyl (C=O) groups excluding carboxylic acids is 4. The topological polar surface area (TPSA) is 203 Å². The zero-order chi connectivity index (χ0) is 62.8. The van der Waals surface area contributed by atoms with E-state index in [9.17, 15) is 24.3 Å². The van der Waals surface area contributed by atoms with Crippen molar-refractivity contribution < 1.29 is 49.6 Å². The fourth-order valence-electron chi connectivity index (χ4n) is 10.2.